The van der Waals surface area contributed by atoms with Crippen LogP contribution in [0.1, 0.15) is 21.7 Å². The highest BCUT2D eigenvalue weighted by Crippen LogP contribution is 2.14. The SMILES string of the molecule is COC(=O)c1cc(C)nn1-c1cccc(C#N)c1. The third-order valence-electron chi connectivity index (χ3n) is 2.45. The molecule has 0 aliphatic heterocycles. The molecular weight excluding hydrogens is 230 g/mol. The molecule has 2 rings (SSSR count). The first-order chi connectivity index (χ1) is 8.65. The Balaban J connectivity index is 2.56. The number of nitriles is 1. The van der Waals surface area contributed by atoms with E-state index < -0.39 is 5.97 Å². The lowest BCUT2D eigenvalue weighted by Crippen LogP contribution is -2.10. The molecule has 2 aromatic rings. The van der Waals surface area contributed by atoms with E-state index in [0.29, 0.717) is 22.6 Å². The molecule has 0 atom stereocenters. The number of methoxy groups -OCH3 is 1. The molecule has 1 heterocycles. The molecule has 0 aliphatic carbocycles. The third-order valence-corrected chi connectivity index (χ3v) is 2.45. The van der Waals surface area contributed by atoms with Crippen molar-refractivity contribution in [2.75, 3.05) is 7.11 Å². The average Bonchev–Trinajstić information content (AvgIpc) is 2.80. The Labute approximate surface area is 104 Å². The van der Waals surface area contributed by atoms with Gasteiger partial charge in [0.1, 0.15) is 0 Å². The van der Waals surface area contributed by atoms with E-state index in [1.165, 1.54) is 11.8 Å². The Hall–Kier alpha value is -2.61. The number of nitrogens with zero attached hydrogens (tertiary/aromatic N) is 3. The number of carbonyl (C=O) groups is 1. The highest BCUT2D eigenvalue weighted by Gasteiger charge is 2.15. The first kappa shape index (κ1) is 11.9. The number of carbonyl (C=O) groups excluding carboxylic acids is 1. The molecule has 0 fully saturated rings. The molecule has 0 spiro atoms. The molecule has 0 unspecified atom stereocenters. The molecule has 0 saturated carbocycles. The second-order valence-corrected chi connectivity index (χ2v) is 3.74. The van der Waals surface area contributed by atoms with Crippen molar-refractivity contribution < 1.29 is 9.53 Å². The van der Waals surface area contributed by atoms with Crippen molar-refractivity contribution in [1.82, 2.24) is 9.78 Å². The molecule has 1 aromatic carbocycles. The van der Waals surface area contributed by atoms with E-state index in [9.17, 15) is 4.79 Å². The van der Waals surface area contributed by atoms with Crippen LogP contribution in [-0.2, 0) is 4.74 Å². The number of hydrogen-bond donors (Lipinski definition) is 0. The fraction of sp³-hybridized carbons (Fsp3) is 0.154. The predicted molar refractivity (Wildman–Crippen MR) is 64.4 cm³/mol. The molecule has 90 valence electrons. The van der Waals surface area contributed by atoms with Gasteiger partial charge in [-0.15, -0.1) is 0 Å². The van der Waals surface area contributed by atoms with Crippen LogP contribution >= 0.6 is 0 Å². The molecular formula is C13H11N3O2. The third kappa shape index (κ3) is 2.09. The van der Waals surface area contributed by atoms with Gasteiger partial charge in [0.2, 0.25) is 0 Å². The summed E-state index contributed by atoms with van der Waals surface area (Å²) in [6, 6.07) is 10.6. The van der Waals surface area contributed by atoms with E-state index in [1.807, 2.05) is 6.07 Å². The fourth-order valence-electron chi connectivity index (χ4n) is 1.65. The van der Waals surface area contributed by atoms with Crippen molar-refractivity contribution in [3.8, 4) is 11.8 Å². The summed E-state index contributed by atoms with van der Waals surface area (Å²) in [6.07, 6.45) is 0. The fourth-order valence-corrected chi connectivity index (χ4v) is 1.65. The van der Waals surface area contributed by atoms with E-state index in [2.05, 4.69) is 5.10 Å². The highest BCUT2D eigenvalue weighted by atomic mass is 16.5. The van der Waals surface area contributed by atoms with Gasteiger partial charge >= 0.3 is 5.97 Å². The largest absolute Gasteiger partial charge is 0.464 e. The molecule has 0 N–H and O–H groups in total. The zero-order valence-electron chi connectivity index (χ0n) is 10.0. The summed E-state index contributed by atoms with van der Waals surface area (Å²) in [5.41, 5.74) is 2.21. The maximum absolute atomic E-state index is 11.6. The zero-order valence-corrected chi connectivity index (χ0v) is 10.0. The number of benzene rings is 1. The van der Waals surface area contributed by atoms with Crippen LogP contribution in [0.25, 0.3) is 5.69 Å². The van der Waals surface area contributed by atoms with Crippen LogP contribution in [0.4, 0.5) is 0 Å². The molecule has 0 bridgehead atoms. The smallest absolute Gasteiger partial charge is 0.356 e. The molecule has 0 radical (unpaired) electrons. The lowest BCUT2D eigenvalue weighted by atomic mass is 10.2. The summed E-state index contributed by atoms with van der Waals surface area (Å²) in [5, 5.41) is 13.1. The Morgan fingerprint density at radius 1 is 1.44 bits per heavy atom. The summed E-state index contributed by atoms with van der Waals surface area (Å²) >= 11 is 0. The van der Waals surface area contributed by atoms with Crippen molar-refractivity contribution >= 4 is 5.97 Å². The van der Waals surface area contributed by atoms with Crippen LogP contribution < -0.4 is 0 Å². The Bertz CT molecular complexity index is 638. The van der Waals surface area contributed by atoms with Gasteiger partial charge in [0.25, 0.3) is 0 Å². The number of hydrogen-bond acceptors (Lipinski definition) is 4. The molecule has 5 heteroatoms. The second-order valence-electron chi connectivity index (χ2n) is 3.74. The van der Waals surface area contributed by atoms with Crippen LogP contribution in [-0.4, -0.2) is 22.9 Å². The maximum atomic E-state index is 11.6. The van der Waals surface area contributed by atoms with Crippen molar-refractivity contribution in [3.05, 3.63) is 47.3 Å². The lowest BCUT2D eigenvalue weighted by Gasteiger charge is -2.05. The monoisotopic (exact) mass is 241 g/mol. The summed E-state index contributed by atoms with van der Waals surface area (Å²) in [5.74, 6) is -0.460. The Kier molecular flexibility index (Phi) is 3.11. The summed E-state index contributed by atoms with van der Waals surface area (Å²) < 4.78 is 6.18. The molecule has 0 saturated heterocycles. The van der Waals surface area contributed by atoms with Gasteiger partial charge in [-0.2, -0.15) is 10.4 Å². The van der Waals surface area contributed by atoms with Crippen LogP contribution in [0, 0.1) is 18.3 Å². The number of aromatic nitrogens is 2. The van der Waals surface area contributed by atoms with Gasteiger partial charge in [0.15, 0.2) is 5.69 Å². The number of esters is 1. The zero-order chi connectivity index (χ0) is 13.1. The van der Waals surface area contributed by atoms with E-state index in [4.69, 9.17) is 10.00 Å². The van der Waals surface area contributed by atoms with E-state index in [0.717, 1.165) is 0 Å². The Morgan fingerprint density at radius 2 is 2.22 bits per heavy atom. The average molecular weight is 241 g/mol. The van der Waals surface area contributed by atoms with Gasteiger partial charge in [-0.3, -0.25) is 0 Å². The van der Waals surface area contributed by atoms with Gasteiger partial charge in [0.05, 0.1) is 30.1 Å². The maximum Gasteiger partial charge on any atom is 0.356 e. The first-order valence-corrected chi connectivity index (χ1v) is 5.31. The minimum Gasteiger partial charge on any atom is -0.464 e. The van der Waals surface area contributed by atoms with Gasteiger partial charge in [0, 0.05) is 0 Å². The standard InChI is InChI=1S/C13H11N3O2/c1-9-6-12(13(17)18-2)16(15-9)11-5-3-4-10(7-11)8-14/h3-7H,1-2H3. The van der Waals surface area contributed by atoms with Crippen molar-refractivity contribution in [1.29, 1.82) is 5.26 Å². The van der Waals surface area contributed by atoms with Gasteiger partial charge in [-0.05, 0) is 31.2 Å². The van der Waals surface area contributed by atoms with Crippen LogP contribution in [0.15, 0.2) is 30.3 Å². The molecule has 0 aliphatic rings. The quantitative estimate of drug-likeness (QED) is 0.752. The van der Waals surface area contributed by atoms with Crippen molar-refractivity contribution in [3.63, 3.8) is 0 Å². The van der Waals surface area contributed by atoms with E-state index in [-0.39, 0.29) is 0 Å². The molecule has 1 aromatic heterocycles. The topological polar surface area (TPSA) is 67.9 Å². The van der Waals surface area contributed by atoms with Crippen molar-refractivity contribution in [2.24, 2.45) is 0 Å². The second kappa shape index (κ2) is 4.72. The molecule has 18 heavy (non-hydrogen) atoms. The van der Waals surface area contributed by atoms with Gasteiger partial charge in [-0.25, -0.2) is 9.48 Å². The molecule has 0 amide bonds. The lowest BCUT2D eigenvalue weighted by molar-refractivity contribution is 0.0590. The summed E-state index contributed by atoms with van der Waals surface area (Å²) in [7, 11) is 1.32. The predicted octanol–water partition coefficient (Wildman–Crippen LogP) is 1.84. The van der Waals surface area contributed by atoms with Crippen LogP contribution in [0.2, 0.25) is 0 Å². The van der Waals surface area contributed by atoms with Crippen LogP contribution in [0.5, 0.6) is 0 Å². The number of rotatable bonds is 2. The van der Waals surface area contributed by atoms with Gasteiger partial charge in [-0.1, -0.05) is 6.07 Å². The normalized spacial score (nSPS) is 9.83. The first-order valence-electron chi connectivity index (χ1n) is 5.31. The summed E-state index contributed by atoms with van der Waals surface area (Å²) in [6.45, 7) is 1.79. The van der Waals surface area contributed by atoms with Gasteiger partial charge < -0.3 is 4.74 Å². The minimum atomic E-state index is -0.460. The molecule has 5 nitrogen and oxygen atoms in total. The van der Waals surface area contributed by atoms with E-state index in [1.54, 1.807) is 37.3 Å². The number of aryl methyl sites for hydroxylation is 1. The van der Waals surface area contributed by atoms with E-state index >= 15 is 0 Å². The number of ether oxygens (including phenoxy) is 1. The van der Waals surface area contributed by atoms with Crippen molar-refractivity contribution in [2.45, 2.75) is 6.92 Å². The Morgan fingerprint density at radius 3 is 2.89 bits per heavy atom. The summed E-state index contributed by atoms with van der Waals surface area (Å²) in [4.78, 5) is 11.6. The van der Waals surface area contributed by atoms with Crippen LogP contribution in [0.3, 0.4) is 0 Å². The minimum absolute atomic E-state index is 0.338. The highest BCUT2D eigenvalue weighted by molar-refractivity contribution is 5.88.